The molecule has 0 fully saturated rings. The topological polar surface area (TPSA) is 29.1 Å². The lowest BCUT2D eigenvalue weighted by Gasteiger charge is -2.12. The normalized spacial score (nSPS) is 11.2. The van der Waals surface area contributed by atoms with Crippen molar-refractivity contribution in [1.82, 2.24) is 0 Å². The van der Waals surface area contributed by atoms with Crippen LogP contribution in [-0.4, -0.2) is 12.9 Å². The highest BCUT2D eigenvalue weighted by Gasteiger charge is 2.23. The van der Waals surface area contributed by atoms with E-state index in [1.807, 2.05) is 6.92 Å². The van der Waals surface area contributed by atoms with Crippen LogP contribution in [0.4, 0.5) is 18.6 Å². The number of nitrogens with one attached hydrogen (secondary N) is 1. The van der Waals surface area contributed by atoms with Crippen molar-refractivity contribution in [3.8, 4) is 0 Å². The molecule has 0 aromatic heterocycles. The van der Waals surface area contributed by atoms with Gasteiger partial charge in [-0.2, -0.15) is 0 Å². The van der Waals surface area contributed by atoms with Gasteiger partial charge in [-0.1, -0.05) is 24.0 Å². The minimum absolute atomic E-state index is 0.516. The van der Waals surface area contributed by atoms with E-state index in [0.717, 1.165) is 5.56 Å². The number of benzene rings is 1. The molecule has 2 nitrogen and oxygen atoms in total. The standard InChI is InChI=1S/C10H12BF3NO/c1-8-2-4-9(5-3-8)15-10(16)6-7-11(12,13)14/h2-5H,6-7H2,1H3,(H,15,16)/q-1. The van der Waals surface area contributed by atoms with Gasteiger partial charge in [-0.15, -0.1) is 0 Å². The molecule has 0 aliphatic rings. The van der Waals surface area contributed by atoms with E-state index in [4.69, 9.17) is 0 Å². The Morgan fingerprint density at radius 1 is 1.25 bits per heavy atom. The summed E-state index contributed by atoms with van der Waals surface area (Å²) in [7, 11) is 0. The third kappa shape index (κ3) is 4.86. The minimum Gasteiger partial charge on any atom is -0.449 e. The van der Waals surface area contributed by atoms with E-state index in [2.05, 4.69) is 5.32 Å². The van der Waals surface area contributed by atoms with Gasteiger partial charge in [0, 0.05) is 12.1 Å². The number of carbonyl (C=O) groups excluding carboxylic acids is 1. The van der Waals surface area contributed by atoms with Crippen LogP contribution in [0.25, 0.3) is 0 Å². The van der Waals surface area contributed by atoms with Crippen LogP contribution in [0.3, 0.4) is 0 Å². The Morgan fingerprint density at radius 2 is 1.81 bits per heavy atom. The first-order valence-corrected chi connectivity index (χ1v) is 4.94. The molecule has 0 radical (unpaired) electrons. The second kappa shape index (κ2) is 5.05. The highest BCUT2D eigenvalue weighted by Crippen LogP contribution is 2.17. The maximum Gasteiger partial charge on any atom is 0.478 e. The average molecular weight is 230 g/mol. The van der Waals surface area contributed by atoms with Crippen molar-refractivity contribution in [2.75, 3.05) is 5.32 Å². The van der Waals surface area contributed by atoms with E-state index in [0.29, 0.717) is 5.69 Å². The van der Waals surface area contributed by atoms with E-state index in [1.165, 1.54) is 0 Å². The van der Waals surface area contributed by atoms with Gasteiger partial charge in [0.05, 0.1) is 0 Å². The van der Waals surface area contributed by atoms with Gasteiger partial charge in [-0.3, -0.25) is 4.79 Å². The predicted molar refractivity (Wildman–Crippen MR) is 58.3 cm³/mol. The van der Waals surface area contributed by atoms with Gasteiger partial charge >= 0.3 is 6.98 Å². The quantitative estimate of drug-likeness (QED) is 0.790. The fourth-order valence-electron chi connectivity index (χ4n) is 1.16. The Morgan fingerprint density at radius 3 is 2.31 bits per heavy atom. The molecular formula is C10H12BF3NO-. The van der Waals surface area contributed by atoms with Gasteiger partial charge in [0.15, 0.2) is 0 Å². The van der Waals surface area contributed by atoms with Crippen LogP contribution in [-0.2, 0) is 4.79 Å². The maximum atomic E-state index is 11.9. The molecule has 0 spiro atoms. The highest BCUT2D eigenvalue weighted by molar-refractivity contribution is 6.58. The molecule has 0 saturated carbocycles. The molecule has 16 heavy (non-hydrogen) atoms. The maximum absolute atomic E-state index is 11.9. The zero-order chi connectivity index (χ0) is 12.2. The molecule has 6 heteroatoms. The lowest BCUT2D eigenvalue weighted by Crippen LogP contribution is -2.19. The average Bonchev–Trinajstić information content (AvgIpc) is 2.18. The summed E-state index contributed by atoms with van der Waals surface area (Å²) in [4.78, 5) is 11.1. The zero-order valence-electron chi connectivity index (χ0n) is 8.84. The first kappa shape index (κ1) is 12.6. The fourth-order valence-corrected chi connectivity index (χ4v) is 1.16. The monoisotopic (exact) mass is 230 g/mol. The Hall–Kier alpha value is -1.46. The molecule has 0 aliphatic carbocycles. The second-order valence-electron chi connectivity index (χ2n) is 3.66. The number of halogens is 3. The van der Waals surface area contributed by atoms with Crippen LogP contribution in [0, 0.1) is 6.92 Å². The van der Waals surface area contributed by atoms with Crippen molar-refractivity contribution in [1.29, 1.82) is 0 Å². The molecule has 1 N–H and O–H groups in total. The number of aryl methyl sites for hydroxylation is 1. The van der Waals surface area contributed by atoms with Gasteiger partial charge in [0.2, 0.25) is 5.91 Å². The summed E-state index contributed by atoms with van der Waals surface area (Å²) >= 11 is 0. The SMILES string of the molecule is Cc1ccc(NC(=O)CC[B-](F)(F)F)cc1. The predicted octanol–water partition coefficient (Wildman–Crippen LogP) is 3.17. The molecule has 0 aliphatic heterocycles. The molecule has 0 bridgehead atoms. The zero-order valence-corrected chi connectivity index (χ0v) is 8.84. The number of carbonyl (C=O) groups is 1. The number of anilines is 1. The molecule has 0 heterocycles. The summed E-state index contributed by atoms with van der Waals surface area (Å²) in [6, 6.07) is 6.88. The van der Waals surface area contributed by atoms with Crippen LogP contribution >= 0.6 is 0 Å². The van der Waals surface area contributed by atoms with Crippen LogP contribution in [0.1, 0.15) is 12.0 Å². The number of rotatable bonds is 4. The Labute approximate surface area is 91.9 Å². The summed E-state index contributed by atoms with van der Waals surface area (Å²) < 4.78 is 35.7. The van der Waals surface area contributed by atoms with E-state index >= 15 is 0 Å². The minimum atomic E-state index is -4.88. The fraction of sp³-hybridized carbons (Fsp3) is 0.300. The molecule has 1 aromatic carbocycles. The van der Waals surface area contributed by atoms with Crippen LogP contribution in [0.5, 0.6) is 0 Å². The van der Waals surface area contributed by atoms with E-state index in [1.54, 1.807) is 24.3 Å². The second-order valence-corrected chi connectivity index (χ2v) is 3.66. The first-order valence-electron chi connectivity index (χ1n) is 4.94. The Balaban J connectivity index is 2.43. The van der Waals surface area contributed by atoms with Crippen molar-refractivity contribution < 1.29 is 17.7 Å². The Bertz CT molecular complexity index is 361. The summed E-state index contributed by atoms with van der Waals surface area (Å²) in [5.41, 5.74) is 1.54. The van der Waals surface area contributed by atoms with Crippen LogP contribution < -0.4 is 5.32 Å². The van der Waals surface area contributed by atoms with E-state index in [9.17, 15) is 17.7 Å². The van der Waals surface area contributed by atoms with Crippen LogP contribution in [0.2, 0.25) is 6.32 Å². The summed E-state index contributed by atoms with van der Waals surface area (Å²) in [5.74, 6) is -0.608. The third-order valence-corrected chi connectivity index (χ3v) is 2.03. The highest BCUT2D eigenvalue weighted by atomic mass is 19.4. The van der Waals surface area contributed by atoms with Crippen molar-refractivity contribution in [3.63, 3.8) is 0 Å². The first-order chi connectivity index (χ1) is 7.37. The molecular weight excluding hydrogens is 218 g/mol. The molecule has 1 aromatic rings. The van der Waals surface area contributed by atoms with Gasteiger partial charge in [-0.05, 0) is 19.1 Å². The number of hydrogen-bond acceptors (Lipinski definition) is 1. The summed E-state index contributed by atoms with van der Waals surface area (Å²) in [5, 5.41) is 2.41. The van der Waals surface area contributed by atoms with E-state index in [-0.39, 0.29) is 0 Å². The lowest BCUT2D eigenvalue weighted by molar-refractivity contribution is -0.116. The van der Waals surface area contributed by atoms with Gasteiger partial charge < -0.3 is 18.3 Å². The summed E-state index contributed by atoms with van der Waals surface area (Å²) in [6.07, 6.45) is -1.55. The van der Waals surface area contributed by atoms with Crippen molar-refractivity contribution >= 4 is 18.6 Å². The van der Waals surface area contributed by atoms with Crippen molar-refractivity contribution in [2.24, 2.45) is 0 Å². The van der Waals surface area contributed by atoms with Crippen LogP contribution in [0.15, 0.2) is 24.3 Å². The largest absolute Gasteiger partial charge is 0.478 e. The molecule has 0 atom stereocenters. The Kier molecular flexibility index (Phi) is 3.98. The van der Waals surface area contributed by atoms with Crippen molar-refractivity contribution in [2.45, 2.75) is 19.7 Å². The van der Waals surface area contributed by atoms with Gasteiger partial charge in [0.1, 0.15) is 0 Å². The molecule has 88 valence electrons. The number of amides is 1. The van der Waals surface area contributed by atoms with Crippen molar-refractivity contribution in [3.05, 3.63) is 29.8 Å². The molecule has 0 unspecified atom stereocenters. The summed E-state index contributed by atoms with van der Waals surface area (Å²) in [6.45, 7) is -2.99. The molecule has 1 rings (SSSR count). The van der Waals surface area contributed by atoms with Gasteiger partial charge in [-0.25, -0.2) is 0 Å². The molecule has 1 amide bonds. The smallest absolute Gasteiger partial charge is 0.449 e. The third-order valence-electron chi connectivity index (χ3n) is 2.03. The van der Waals surface area contributed by atoms with E-state index < -0.39 is 25.6 Å². The van der Waals surface area contributed by atoms with Gasteiger partial charge in [0.25, 0.3) is 0 Å². The number of hydrogen-bond donors (Lipinski definition) is 1. The molecule has 0 saturated heterocycles. The lowest BCUT2D eigenvalue weighted by atomic mass is 9.84.